The van der Waals surface area contributed by atoms with E-state index in [-0.39, 0.29) is 12.4 Å². The van der Waals surface area contributed by atoms with E-state index < -0.39 is 11.6 Å². The van der Waals surface area contributed by atoms with Gasteiger partial charge in [0.2, 0.25) is 0 Å². The first-order valence-electron chi connectivity index (χ1n) is 7.66. The molecule has 0 aliphatic rings. The minimum Gasteiger partial charge on any atom is -0.489 e. The second-order valence-corrected chi connectivity index (χ2v) is 5.26. The molecule has 0 saturated carbocycles. The van der Waals surface area contributed by atoms with Gasteiger partial charge in [-0.2, -0.15) is 0 Å². The van der Waals surface area contributed by atoms with Crippen LogP contribution in [0, 0.1) is 18.6 Å². The van der Waals surface area contributed by atoms with Crippen LogP contribution in [0.25, 0.3) is 0 Å². The van der Waals surface area contributed by atoms with Gasteiger partial charge in [-0.15, -0.1) is 0 Å². The lowest BCUT2D eigenvalue weighted by atomic mass is 10.1. The average Bonchev–Trinajstić information content (AvgIpc) is 2.57. The third kappa shape index (κ3) is 5.53. The first-order chi connectivity index (χ1) is 11.6. The molecule has 0 aliphatic carbocycles. The van der Waals surface area contributed by atoms with Gasteiger partial charge in [0.05, 0.1) is 6.54 Å². The van der Waals surface area contributed by atoms with E-state index in [0.717, 1.165) is 17.7 Å². The molecule has 0 bridgehead atoms. The Morgan fingerprint density at radius 2 is 1.83 bits per heavy atom. The number of aryl methyl sites for hydroxylation is 1. The van der Waals surface area contributed by atoms with Gasteiger partial charge >= 0.3 is 0 Å². The van der Waals surface area contributed by atoms with Crippen molar-refractivity contribution < 1.29 is 13.5 Å². The smallest absolute Gasteiger partial charge is 0.191 e. The predicted octanol–water partition coefficient (Wildman–Crippen LogP) is 3.02. The SMILES string of the molecule is CN=C(NCCOc1ccc(F)cc1F)NCc1ccc(C)cc1. The van der Waals surface area contributed by atoms with Crippen LogP contribution in [0.15, 0.2) is 47.5 Å². The summed E-state index contributed by atoms with van der Waals surface area (Å²) < 4.78 is 31.5. The van der Waals surface area contributed by atoms with Gasteiger partial charge in [-0.1, -0.05) is 29.8 Å². The standard InChI is InChI=1S/C18H21F2N3O/c1-13-3-5-14(6-4-13)12-23-18(21-2)22-9-10-24-17-8-7-15(19)11-16(17)20/h3-8,11H,9-10,12H2,1-2H3,(H2,21,22,23). The van der Waals surface area contributed by atoms with Crippen molar-refractivity contribution >= 4 is 5.96 Å². The summed E-state index contributed by atoms with van der Waals surface area (Å²) in [6.07, 6.45) is 0. The van der Waals surface area contributed by atoms with E-state index in [1.165, 1.54) is 11.6 Å². The summed E-state index contributed by atoms with van der Waals surface area (Å²) in [5.74, 6) is -0.685. The van der Waals surface area contributed by atoms with E-state index >= 15 is 0 Å². The zero-order chi connectivity index (χ0) is 17.4. The first-order valence-corrected chi connectivity index (χ1v) is 7.66. The van der Waals surface area contributed by atoms with Crippen molar-refractivity contribution in [3.05, 3.63) is 65.2 Å². The molecule has 2 N–H and O–H groups in total. The second-order valence-electron chi connectivity index (χ2n) is 5.26. The molecule has 2 rings (SSSR count). The van der Waals surface area contributed by atoms with E-state index in [9.17, 15) is 8.78 Å². The summed E-state index contributed by atoms with van der Waals surface area (Å²) in [5, 5.41) is 6.25. The van der Waals surface area contributed by atoms with Crippen LogP contribution in [-0.2, 0) is 6.54 Å². The number of aliphatic imine (C=N–C) groups is 1. The number of guanidine groups is 1. The molecule has 0 radical (unpaired) electrons. The highest BCUT2D eigenvalue weighted by Crippen LogP contribution is 2.17. The molecule has 0 heterocycles. The molecule has 24 heavy (non-hydrogen) atoms. The number of nitrogens with one attached hydrogen (secondary N) is 2. The Kier molecular flexibility index (Phi) is 6.54. The van der Waals surface area contributed by atoms with Crippen LogP contribution < -0.4 is 15.4 Å². The molecule has 2 aromatic carbocycles. The van der Waals surface area contributed by atoms with Crippen LogP contribution >= 0.6 is 0 Å². The summed E-state index contributed by atoms with van der Waals surface area (Å²) in [4.78, 5) is 4.11. The molecule has 0 amide bonds. The van der Waals surface area contributed by atoms with Crippen molar-refractivity contribution in [1.29, 1.82) is 0 Å². The molecular formula is C18H21F2N3O. The third-order valence-electron chi connectivity index (χ3n) is 3.35. The maximum absolute atomic E-state index is 13.4. The van der Waals surface area contributed by atoms with E-state index in [1.54, 1.807) is 7.05 Å². The van der Waals surface area contributed by atoms with E-state index in [2.05, 4.69) is 39.9 Å². The lowest BCUT2D eigenvalue weighted by Crippen LogP contribution is -2.38. The summed E-state index contributed by atoms with van der Waals surface area (Å²) in [5.41, 5.74) is 2.36. The quantitative estimate of drug-likeness (QED) is 0.485. The topological polar surface area (TPSA) is 45.7 Å². The fourth-order valence-electron chi connectivity index (χ4n) is 2.04. The van der Waals surface area contributed by atoms with Crippen molar-refractivity contribution in [2.75, 3.05) is 20.2 Å². The second kappa shape index (κ2) is 8.86. The maximum atomic E-state index is 13.4. The zero-order valence-electron chi connectivity index (χ0n) is 13.8. The molecule has 2 aromatic rings. The Balaban J connectivity index is 1.72. The normalized spacial score (nSPS) is 11.2. The number of rotatable bonds is 6. The Morgan fingerprint density at radius 1 is 1.08 bits per heavy atom. The molecule has 4 nitrogen and oxygen atoms in total. The summed E-state index contributed by atoms with van der Waals surface area (Å²) >= 11 is 0. The van der Waals surface area contributed by atoms with Crippen LogP contribution in [0.1, 0.15) is 11.1 Å². The number of nitrogens with zero attached hydrogens (tertiary/aromatic N) is 1. The molecule has 6 heteroatoms. The predicted molar refractivity (Wildman–Crippen MR) is 91.2 cm³/mol. The fraction of sp³-hybridized carbons (Fsp3) is 0.278. The molecule has 0 unspecified atom stereocenters. The van der Waals surface area contributed by atoms with Gasteiger partial charge in [-0.05, 0) is 24.6 Å². The Morgan fingerprint density at radius 3 is 2.50 bits per heavy atom. The van der Waals surface area contributed by atoms with Crippen molar-refractivity contribution in [2.45, 2.75) is 13.5 Å². The van der Waals surface area contributed by atoms with E-state index in [0.29, 0.717) is 19.0 Å². The summed E-state index contributed by atoms with van der Waals surface area (Å²) in [7, 11) is 1.67. The van der Waals surface area contributed by atoms with Crippen LogP contribution in [-0.4, -0.2) is 26.2 Å². The highest BCUT2D eigenvalue weighted by Gasteiger charge is 2.04. The molecule has 0 aliphatic heterocycles. The Hall–Kier alpha value is -2.63. The lowest BCUT2D eigenvalue weighted by Gasteiger charge is -2.13. The average molecular weight is 333 g/mol. The van der Waals surface area contributed by atoms with Crippen LogP contribution in [0.5, 0.6) is 5.75 Å². The largest absolute Gasteiger partial charge is 0.489 e. The highest BCUT2D eigenvalue weighted by molar-refractivity contribution is 5.79. The summed E-state index contributed by atoms with van der Waals surface area (Å²) in [6.45, 7) is 3.35. The van der Waals surface area contributed by atoms with Crippen molar-refractivity contribution in [3.63, 3.8) is 0 Å². The van der Waals surface area contributed by atoms with E-state index in [4.69, 9.17) is 4.74 Å². The van der Waals surface area contributed by atoms with Gasteiger partial charge in [-0.25, -0.2) is 8.78 Å². The molecule has 0 aromatic heterocycles. The Labute approximate surface area is 140 Å². The van der Waals surface area contributed by atoms with E-state index in [1.807, 2.05) is 6.92 Å². The van der Waals surface area contributed by atoms with Crippen LogP contribution in [0.2, 0.25) is 0 Å². The van der Waals surface area contributed by atoms with Gasteiger partial charge in [0.1, 0.15) is 12.4 Å². The number of hydrogen-bond donors (Lipinski definition) is 2. The fourth-order valence-corrected chi connectivity index (χ4v) is 2.04. The number of ether oxygens (including phenoxy) is 1. The summed E-state index contributed by atoms with van der Waals surface area (Å²) in [6, 6.07) is 11.4. The third-order valence-corrected chi connectivity index (χ3v) is 3.35. The minimum atomic E-state index is -0.711. The maximum Gasteiger partial charge on any atom is 0.191 e. The van der Waals surface area contributed by atoms with Crippen LogP contribution in [0.3, 0.4) is 0 Å². The monoisotopic (exact) mass is 333 g/mol. The number of halogens is 2. The lowest BCUT2D eigenvalue weighted by molar-refractivity contribution is 0.304. The van der Waals surface area contributed by atoms with Gasteiger partial charge in [0.25, 0.3) is 0 Å². The number of hydrogen-bond acceptors (Lipinski definition) is 2. The number of benzene rings is 2. The van der Waals surface area contributed by atoms with Crippen LogP contribution in [0.4, 0.5) is 8.78 Å². The molecule has 0 saturated heterocycles. The van der Waals surface area contributed by atoms with Crippen molar-refractivity contribution in [2.24, 2.45) is 4.99 Å². The van der Waals surface area contributed by atoms with Gasteiger partial charge in [0.15, 0.2) is 17.5 Å². The minimum absolute atomic E-state index is 0.0285. The highest BCUT2D eigenvalue weighted by atomic mass is 19.1. The zero-order valence-corrected chi connectivity index (χ0v) is 13.8. The van der Waals surface area contributed by atoms with Gasteiger partial charge in [-0.3, -0.25) is 4.99 Å². The molecular weight excluding hydrogens is 312 g/mol. The Bertz CT molecular complexity index is 687. The first kappa shape index (κ1) is 17.7. The van der Waals surface area contributed by atoms with Crippen molar-refractivity contribution in [1.82, 2.24) is 10.6 Å². The molecule has 0 fully saturated rings. The van der Waals surface area contributed by atoms with Crippen molar-refractivity contribution in [3.8, 4) is 5.75 Å². The molecule has 128 valence electrons. The molecule has 0 spiro atoms. The van der Waals surface area contributed by atoms with Gasteiger partial charge in [0, 0.05) is 19.7 Å². The molecule has 0 atom stereocenters. The van der Waals surface area contributed by atoms with Gasteiger partial charge < -0.3 is 15.4 Å².